The zero-order chi connectivity index (χ0) is 18.7. The molecule has 1 aliphatic rings. The lowest BCUT2D eigenvalue weighted by atomic mass is 9.92. The molecule has 1 unspecified atom stereocenters. The van der Waals surface area contributed by atoms with Crippen LogP contribution in [0.1, 0.15) is 56.3 Å². The fourth-order valence-electron chi connectivity index (χ4n) is 2.65. The number of halogens is 3. The number of hydrogen-bond acceptors (Lipinski definition) is 3. The number of carbonyl (C=O) groups is 1. The van der Waals surface area contributed by atoms with Crippen molar-refractivity contribution in [2.75, 3.05) is 5.32 Å². The van der Waals surface area contributed by atoms with Crippen molar-refractivity contribution < 1.29 is 18.0 Å². The number of pyridine rings is 1. The molecule has 1 heterocycles. The smallest absolute Gasteiger partial charge is 0.256 e. The summed E-state index contributed by atoms with van der Waals surface area (Å²) in [6.45, 7) is 3.51. The summed E-state index contributed by atoms with van der Waals surface area (Å²) in [5.74, 6) is -1.19. The summed E-state index contributed by atoms with van der Waals surface area (Å²) >= 11 is 0. The average Bonchev–Trinajstić information content (AvgIpc) is 2.58. The first-order valence-corrected chi connectivity index (χ1v) is 8.28. The molecule has 1 atom stereocenters. The highest BCUT2D eigenvalue weighted by molar-refractivity contribution is 5.99. The fourth-order valence-corrected chi connectivity index (χ4v) is 2.65. The summed E-state index contributed by atoms with van der Waals surface area (Å²) in [5.41, 5.74) is -0.861. The lowest BCUT2D eigenvalue weighted by Crippen LogP contribution is -2.44. The topological polar surface area (TPSA) is 54.0 Å². The Bertz CT molecular complexity index is 677. The van der Waals surface area contributed by atoms with Gasteiger partial charge in [0.05, 0.1) is 17.3 Å². The molecule has 25 heavy (non-hydrogen) atoms. The van der Waals surface area contributed by atoms with Gasteiger partial charge in [-0.2, -0.15) is 0 Å². The van der Waals surface area contributed by atoms with Gasteiger partial charge in [0, 0.05) is 18.9 Å². The number of aromatic nitrogens is 1. The summed E-state index contributed by atoms with van der Waals surface area (Å²) in [6.07, 6.45) is 6.99. The van der Waals surface area contributed by atoms with E-state index in [1.807, 2.05) is 6.92 Å². The summed E-state index contributed by atoms with van der Waals surface area (Å²) in [7, 11) is 0. The number of hydrogen-bond donors (Lipinski definition) is 2. The molecule has 7 heteroatoms. The molecule has 0 aliphatic heterocycles. The van der Waals surface area contributed by atoms with Crippen molar-refractivity contribution in [2.45, 2.75) is 63.5 Å². The second-order valence-corrected chi connectivity index (χ2v) is 6.61. The minimum atomic E-state index is -2.65. The third kappa shape index (κ3) is 4.88. The largest absolute Gasteiger partial charge is 0.367 e. The van der Waals surface area contributed by atoms with Gasteiger partial charge >= 0.3 is 0 Å². The molecule has 0 bridgehead atoms. The van der Waals surface area contributed by atoms with E-state index in [9.17, 15) is 18.0 Å². The van der Waals surface area contributed by atoms with Crippen molar-refractivity contribution in [3.63, 3.8) is 0 Å². The predicted octanol–water partition coefficient (Wildman–Crippen LogP) is 3.74. The van der Waals surface area contributed by atoms with Gasteiger partial charge in [0.25, 0.3) is 5.91 Å². The average molecular weight is 353 g/mol. The number of carbonyl (C=O) groups excluding carboxylic acids is 1. The van der Waals surface area contributed by atoms with Gasteiger partial charge in [0.2, 0.25) is 5.92 Å². The standard InChI is InChI=1S/C18H22F3N3O/c1-4-17(3,5-2)24-16(25)14-10-12(19)11-22-15(14)23-13-6-8-18(20,21)9-7-13/h1,10-11,13H,5-9H2,2-3H3,(H,22,23)(H,24,25). The monoisotopic (exact) mass is 353 g/mol. The third-order valence-corrected chi connectivity index (χ3v) is 4.57. The molecule has 2 N–H and O–H groups in total. The van der Waals surface area contributed by atoms with Gasteiger partial charge in [-0.05, 0) is 32.3 Å². The number of nitrogens with one attached hydrogen (secondary N) is 2. The van der Waals surface area contributed by atoms with Crippen LogP contribution in [-0.2, 0) is 0 Å². The molecule has 1 aliphatic carbocycles. The van der Waals surface area contributed by atoms with Crippen LogP contribution in [0.4, 0.5) is 19.0 Å². The van der Waals surface area contributed by atoms with Crippen LogP contribution in [-0.4, -0.2) is 28.4 Å². The van der Waals surface area contributed by atoms with Crippen LogP contribution in [0.2, 0.25) is 0 Å². The Kier molecular flexibility index (Phi) is 5.61. The van der Waals surface area contributed by atoms with E-state index in [0.29, 0.717) is 6.42 Å². The molecule has 1 aromatic rings. The van der Waals surface area contributed by atoms with Crippen LogP contribution in [0.15, 0.2) is 12.3 Å². The molecule has 0 saturated heterocycles. The summed E-state index contributed by atoms with van der Waals surface area (Å²) in [5, 5.41) is 5.68. The van der Waals surface area contributed by atoms with E-state index in [2.05, 4.69) is 21.5 Å². The van der Waals surface area contributed by atoms with Gasteiger partial charge in [-0.1, -0.05) is 12.8 Å². The van der Waals surface area contributed by atoms with Crippen LogP contribution in [0.3, 0.4) is 0 Å². The maximum atomic E-state index is 13.6. The molecule has 136 valence electrons. The van der Waals surface area contributed by atoms with Crippen molar-refractivity contribution in [1.82, 2.24) is 10.3 Å². The van der Waals surface area contributed by atoms with Gasteiger partial charge in [-0.15, -0.1) is 6.42 Å². The first-order valence-electron chi connectivity index (χ1n) is 8.28. The minimum Gasteiger partial charge on any atom is -0.367 e. The number of terminal acetylenes is 1. The Morgan fingerprint density at radius 1 is 1.48 bits per heavy atom. The molecular formula is C18H22F3N3O. The summed E-state index contributed by atoms with van der Waals surface area (Å²) < 4.78 is 40.1. The van der Waals surface area contributed by atoms with Crippen LogP contribution >= 0.6 is 0 Å². The zero-order valence-electron chi connectivity index (χ0n) is 14.3. The van der Waals surface area contributed by atoms with Crippen LogP contribution < -0.4 is 10.6 Å². The lowest BCUT2D eigenvalue weighted by molar-refractivity contribution is -0.0361. The van der Waals surface area contributed by atoms with E-state index >= 15 is 0 Å². The van der Waals surface area contributed by atoms with E-state index in [0.717, 1.165) is 12.3 Å². The van der Waals surface area contributed by atoms with Gasteiger partial charge in [0.1, 0.15) is 11.6 Å². The maximum Gasteiger partial charge on any atom is 0.256 e. The lowest BCUT2D eigenvalue weighted by Gasteiger charge is -2.30. The Balaban J connectivity index is 2.17. The number of rotatable bonds is 5. The van der Waals surface area contributed by atoms with Crippen LogP contribution in [0.5, 0.6) is 0 Å². The van der Waals surface area contributed by atoms with E-state index in [1.54, 1.807) is 6.92 Å². The van der Waals surface area contributed by atoms with Crippen molar-refractivity contribution >= 4 is 11.7 Å². The van der Waals surface area contributed by atoms with Crippen LogP contribution in [0.25, 0.3) is 0 Å². The second kappa shape index (κ2) is 7.34. The second-order valence-electron chi connectivity index (χ2n) is 6.61. The first-order chi connectivity index (χ1) is 11.7. The van der Waals surface area contributed by atoms with Crippen molar-refractivity contribution in [3.8, 4) is 12.3 Å². The van der Waals surface area contributed by atoms with Gasteiger partial charge in [-0.3, -0.25) is 4.79 Å². The first kappa shape index (κ1) is 19.1. The molecule has 4 nitrogen and oxygen atoms in total. The fraction of sp³-hybridized carbons (Fsp3) is 0.556. The third-order valence-electron chi connectivity index (χ3n) is 4.57. The molecule has 0 radical (unpaired) electrons. The van der Waals surface area contributed by atoms with E-state index in [-0.39, 0.29) is 43.1 Å². The quantitative estimate of drug-likeness (QED) is 0.793. The Morgan fingerprint density at radius 2 is 2.12 bits per heavy atom. The predicted molar refractivity (Wildman–Crippen MR) is 90.0 cm³/mol. The summed E-state index contributed by atoms with van der Waals surface area (Å²) in [4.78, 5) is 16.4. The minimum absolute atomic E-state index is 0.00672. The van der Waals surface area contributed by atoms with E-state index in [4.69, 9.17) is 6.42 Å². The molecule has 0 aromatic carbocycles. The van der Waals surface area contributed by atoms with Crippen molar-refractivity contribution in [2.24, 2.45) is 0 Å². The van der Waals surface area contributed by atoms with Gasteiger partial charge < -0.3 is 10.6 Å². The normalized spacial score (nSPS) is 19.5. The van der Waals surface area contributed by atoms with Gasteiger partial charge in [0.15, 0.2) is 0 Å². The van der Waals surface area contributed by atoms with Crippen molar-refractivity contribution in [1.29, 1.82) is 0 Å². The number of amides is 1. The Morgan fingerprint density at radius 3 is 2.68 bits per heavy atom. The highest BCUT2D eigenvalue weighted by Gasteiger charge is 2.35. The maximum absolute atomic E-state index is 13.6. The molecule has 1 fully saturated rings. The highest BCUT2D eigenvalue weighted by atomic mass is 19.3. The Labute approximate surface area is 145 Å². The number of alkyl halides is 2. The summed E-state index contributed by atoms with van der Waals surface area (Å²) in [6, 6.07) is 0.823. The van der Waals surface area contributed by atoms with E-state index in [1.165, 1.54) is 0 Å². The molecule has 1 saturated carbocycles. The molecule has 1 aromatic heterocycles. The van der Waals surface area contributed by atoms with Gasteiger partial charge in [-0.25, -0.2) is 18.2 Å². The Hall–Kier alpha value is -2.23. The SMILES string of the molecule is C#CC(C)(CC)NC(=O)c1cc(F)cnc1NC1CCC(F)(F)CC1. The molecule has 0 spiro atoms. The highest BCUT2D eigenvalue weighted by Crippen LogP contribution is 2.34. The molecule has 1 amide bonds. The number of anilines is 1. The van der Waals surface area contributed by atoms with Crippen LogP contribution in [0, 0.1) is 18.2 Å². The zero-order valence-corrected chi connectivity index (χ0v) is 14.3. The van der Waals surface area contributed by atoms with Crippen molar-refractivity contribution in [3.05, 3.63) is 23.6 Å². The molecular weight excluding hydrogens is 331 g/mol. The van der Waals surface area contributed by atoms with E-state index < -0.39 is 23.2 Å². The number of nitrogens with zero attached hydrogens (tertiary/aromatic N) is 1. The molecule has 2 rings (SSSR count).